The lowest BCUT2D eigenvalue weighted by Gasteiger charge is -2.03. The topological polar surface area (TPSA) is 50.9 Å². The van der Waals surface area contributed by atoms with E-state index in [-0.39, 0.29) is 0 Å². The summed E-state index contributed by atoms with van der Waals surface area (Å²) < 4.78 is 6.94. The van der Waals surface area contributed by atoms with E-state index >= 15 is 0 Å². The van der Waals surface area contributed by atoms with Crippen LogP contribution in [0.4, 0.5) is 0 Å². The molecule has 0 unspecified atom stereocenters. The molecule has 4 heteroatoms. The van der Waals surface area contributed by atoms with Gasteiger partial charge in [-0.15, -0.1) is 0 Å². The number of carbonyl (C=O) groups is 1. The number of fused-ring (bicyclic) bond motifs is 1. The standard InChI is InChI=1S/C16H13NO3/c1-20-12-7-5-11(6-8-12)13-10-17-9-3-2-4-14(17)15(13)16(18)19/h2-10H,1H3,(H,18,19). The normalized spacial score (nSPS) is 10.7. The summed E-state index contributed by atoms with van der Waals surface area (Å²) in [5.41, 5.74) is 2.56. The monoisotopic (exact) mass is 267 g/mol. The Balaban J connectivity index is 2.23. The fourth-order valence-electron chi connectivity index (χ4n) is 2.34. The molecule has 0 atom stereocenters. The van der Waals surface area contributed by atoms with E-state index in [0.717, 1.165) is 11.3 Å². The number of pyridine rings is 1. The lowest BCUT2D eigenvalue weighted by Crippen LogP contribution is -1.97. The molecule has 1 N–H and O–H groups in total. The predicted molar refractivity (Wildman–Crippen MR) is 76.3 cm³/mol. The van der Waals surface area contributed by atoms with Gasteiger partial charge in [-0.05, 0) is 29.8 Å². The number of aromatic carboxylic acids is 1. The number of benzene rings is 1. The summed E-state index contributed by atoms with van der Waals surface area (Å²) in [6.45, 7) is 0. The molecule has 100 valence electrons. The van der Waals surface area contributed by atoms with E-state index in [1.807, 2.05) is 53.2 Å². The number of carboxylic acid groups (broad SMARTS) is 1. The molecule has 3 rings (SSSR count). The van der Waals surface area contributed by atoms with Crippen LogP contribution in [0.25, 0.3) is 16.6 Å². The highest BCUT2D eigenvalue weighted by Crippen LogP contribution is 2.30. The number of hydrogen-bond donors (Lipinski definition) is 1. The maximum Gasteiger partial charge on any atom is 0.338 e. The minimum absolute atomic E-state index is 0.316. The molecule has 0 radical (unpaired) electrons. The molecule has 2 aromatic heterocycles. The summed E-state index contributed by atoms with van der Waals surface area (Å²) in [5.74, 6) is -0.182. The molecule has 0 aliphatic rings. The summed E-state index contributed by atoms with van der Waals surface area (Å²) in [5, 5.41) is 9.48. The fourth-order valence-corrected chi connectivity index (χ4v) is 2.34. The van der Waals surface area contributed by atoms with Crippen molar-refractivity contribution in [3.8, 4) is 16.9 Å². The summed E-state index contributed by atoms with van der Waals surface area (Å²) in [7, 11) is 1.60. The Hall–Kier alpha value is -2.75. The highest BCUT2D eigenvalue weighted by Gasteiger charge is 2.17. The van der Waals surface area contributed by atoms with Crippen molar-refractivity contribution in [1.82, 2.24) is 4.40 Å². The third kappa shape index (κ3) is 1.91. The van der Waals surface area contributed by atoms with Gasteiger partial charge in [0.15, 0.2) is 0 Å². The minimum Gasteiger partial charge on any atom is -0.497 e. The van der Waals surface area contributed by atoms with Crippen LogP contribution in [0.2, 0.25) is 0 Å². The Bertz CT molecular complexity index is 772. The van der Waals surface area contributed by atoms with Crippen molar-refractivity contribution < 1.29 is 14.6 Å². The highest BCUT2D eigenvalue weighted by molar-refractivity contribution is 6.03. The van der Waals surface area contributed by atoms with Gasteiger partial charge in [-0.25, -0.2) is 4.79 Å². The summed E-state index contributed by atoms with van der Waals surface area (Å²) in [6.07, 6.45) is 3.68. The Morgan fingerprint density at radius 1 is 1.15 bits per heavy atom. The zero-order valence-corrected chi connectivity index (χ0v) is 10.9. The molecule has 4 nitrogen and oxygen atoms in total. The van der Waals surface area contributed by atoms with Crippen molar-refractivity contribution in [3.63, 3.8) is 0 Å². The lowest BCUT2D eigenvalue weighted by molar-refractivity contribution is 0.0700. The van der Waals surface area contributed by atoms with Crippen LogP contribution in [0, 0.1) is 0 Å². The molecule has 0 saturated heterocycles. The SMILES string of the molecule is COc1ccc(-c2cn3ccccc3c2C(=O)O)cc1. The molecule has 0 spiro atoms. The van der Waals surface area contributed by atoms with Crippen molar-refractivity contribution in [1.29, 1.82) is 0 Å². The number of hydrogen-bond acceptors (Lipinski definition) is 2. The maximum absolute atomic E-state index is 11.6. The highest BCUT2D eigenvalue weighted by atomic mass is 16.5. The summed E-state index contributed by atoms with van der Waals surface area (Å²) >= 11 is 0. The van der Waals surface area contributed by atoms with E-state index in [1.165, 1.54) is 0 Å². The number of aromatic nitrogens is 1. The van der Waals surface area contributed by atoms with Gasteiger partial charge in [-0.1, -0.05) is 18.2 Å². The quantitative estimate of drug-likeness (QED) is 0.792. The third-order valence-corrected chi connectivity index (χ3v) is 3.30. The van der Waals surface area contributed by atoms with Crippen LogP contribution in [-0.4, -0.2) is 22.6 Å². The second kappa shape index (κ2) is 4.74. The van der Waals surface area contributed by atoms with Crippen LogP contribution >= 0.6 is 0 Å². The van der Waals surface area contributed by atoms with E-state index in [1.54, 1.807) is 13.2 Å². The van der Waals surface area contributed by atoms with Crippen LogP contribution in [0.5, 0.6) is 5.75 Å². The largest absolute Gasteiger partial charge is 0.497 e. The number of carboxylic acids is 1. The Kier molecular flexibility index (Phi) is 2.91. The summed E-state index contributed by atoms with van der Waals surface area (Å²) in [6, 6.07) is 12.9. The molecule has 0 fully saturated rings. The van der Waals surface area contributed by atoms with E-state index in [9.17, 15) is 9.90 Å². The first-order valence-electron chi connectivity index (χ1n) is 6.18. The molecule has 1 aromatic carbocycles. The van der Waals surface area contributed by atoms with Crippen LogP contribution in [0.3, 0.4) is 0 Å². The Morgan fingerprint density at radius 2 is 1.90 bits per heavy atom. The van der Waals surface area contributed by atoms with Gasteiger partial charge in [0.25, 0.3) is 0 Å². The van der Waals surface area contributed by atoms with Gasteiger partial charge >= 0.3 is 5.97 Å². The van der Waals surface area contributed by atoms with E-state index in [2.05, 4.69) is 0 Å². The van der Waals surface area contributed by atoms with Crippen molar-refractivity contribution in [2.24, 2.45) is 0 Å². The van der Waals surface area contributed by atoms with Gasteiger partial charge in [0.1, 0.15) is 5.75 Å². The Morgan fingerprint density at radius 3 is 2.55 bits per heavy atom. The molecule has 0 amide bonds. The van der Waals surface area contributed by atoms with Crippen LogP contribution in [0.1, 0.15) is 10.4 Å². The maximum atomic E-state index is 11.6. The molecular weight excluding hydrogens is 254 g/mol. The van der Waals surface area contributed by atoms with E-state index in [0.29, 0.717) is 16.6 Å². The van der Waals surface area contributed by atoms with Crippen molar-refractivity contribution in [3.05, 3.63) is 60.4 Å². The second-order valence-electron chi connectivity index (χ2n) is 4.44. The molecule has 0 bridgehead atoms. The van der Waals surface area contributed by atoms with Gasteiger partial charge in [0.05, 0.1) is 18.2 Å². The van der Waals surface area contributed by atoms with Crippen LogP contribution in [-0.2, 0) is 0 Å². The van der Waals surface area contributed by atoms with Crippen LogP contribution in [0.15, 0.2) is 54.9 Å². The zero-order valence-electron chi connectivity index (χ0n) is 10.9. The average molecular weight is 267 g/mol. The number of nitrogens with zero attached hydrogens (tertiary/aromatic N) is 1. The predicted octanol–water partition coefficient (Wildman–Crippen LogP) is 3.31. The van der Waals surface area contributed by atoms with Crippen molar-refractivity contribution in [2.75, 3.05) is 7.11 Å². The van der Waals surface area contributed by atoms with Gasteiger partial charge in [-0.3, -0.25) is 0 Å². The molecule has 0 aliphatic heterocycles. The molecular formula is C16H13NO3. The first kappa shape index (κ1) is 12.3. The fraction of sp³-hybridized carbons (Fsp3) is 0.0625. The Labute approximate surface area is 115 Å². The smallest absolute Gasteiger partial charge is 0.338 e. The van der Waals surface area contributed by atoms with Crippen molar-refractivity contribution >= 4 is 11.5 Å². The molecule has 20 heavy (non-hydrogen) atoms. The van der Waals surface area contributed by atoms with E-state index < -0.39 is 5.97 Å². The van der Waals surface area contributed by atoms with Gasteiger partial charge < -0.3 is 14.2 Å². The number of rotatable bonds is 3. The zero-order chi connectivity index (χ0) is 14.1. The average Bonchev–Trinajstić information content (AvgIpc) is 2.86. The first-order chi connectivity index (χ1) is 9.70. The van der Waals surface area contributed by atoms with Gasteiger partial charge in [0, 0.05) is 18.0 Å². The molecule has 0 aliphatic carbocycles. The van der Waals surface area contributed by atoms with Gasteiger partial charge in [-0.2, -0.15) is 0 Å². The number of ether oxygens (including phenoxy) is 1. The molecule has 0 saturated carbocycles. The first-order valence-corrected chi connectivity index (χ1v) is 6.18. The van der Waals surface area contributed by atoms with Crippen LogP contribution < -0.4 is 4.74 Å². The number of methoxy groups -OCH3 is 1. The van der Waals surface area contributed by atoms with Gasteiger partial charge in [0.2, 0.25) is 0 Å². The lowest BCUT2D eigenvalue weighted by atomic mass is 10.0. The second-order valence-corrected chi connectivity index (χ2v) is 4.44. The third-order valence-electron chi connectivity index (χ3n) is 3.30. The van der Waals surface area contributed by atoms with Crippen molar-refractivity contribution in [2.45, 2.75) is 0 Å². The van der Waals surface area contributed by atoms with E-state index in [4.69, 9.17) is 4.74 Å². The minimum atomic E-state index is -0.926. The molecule has 2 heterocycles. The summed E-state index contributed by atoms with van der Waals surface area (Å²) in [4.78, 5) is 11.6. The molecule has 3 aromatic rings.